The van der Waals surface area contributed by atoms with Crippen molar-refractivity contribution >= 4 is 29.1 Å². The van der Waals surface area contributed by atoms with Crippen molar-refractivity contribution in [1.82, 2.24) is 14.7 Å². The molecule has 1 saturated heterocycles. The number of hydrogen-bond acceptors (Lipinski definition) is 4. The minimum atomic E-state index is -0.173. The molecule has 190 valence electrons. The van der Waals surface area contributed by atoms with Crippen LogP contribution in [0.1, 0.15) is 28.8 Å². The van der Waals surface area contributed by atoms with Gasteiger partial charge in [0.2, 0.25) is 5.88 Å². The average Bonchev–Trinajstić information content (AvgIpc) is 3.53. The summed E-state index contributed by atoms with van der Waals surface area (Å²) >= 11 is 12.9. The molecule has 0 saturated carbocycles. The van der Waals surface area contributed by atoms with Gasteiger partial charge in [-0.25, -0.2) is 4.68 Å². The van der Waals surface area contributed by atoms with Gasteiger partial charge in [0.15, 0.2) is 0 Å². The molecule has 1 aliphatic heterocycles. The van der Waals surface area contributed by atoms with E-state index in [1.54, 1.807) is 33.8 Å². The zero-order valence-electron chi connectivity index (χ0n) is 20.4. The van der Waals surface area contributed by atoms with E-state index in [0.717, 1.165) is 29.7 Å². The van der Waals surface area contributed by atoms with Gasteiger partial charge in [-0.3, -0.25) is 4.79 Å². The van der Waals surface area contributed by atoms with Crippen molar-refractivity contribution in [1.29, 1.82) is 0 Å². The lowest BCUT2D eigenvalue weighted by molar-refractivity contribution is 0.0506. The molecule has 1 amide bonds. The summed E-state index contributed by atoms with van der Waals surface area (Å²) < 4.78 is 13.9. The highest BCUT2D eigenvalue weighted by Crippen LogP contribution is 2.37. The highest BCUT2D eigenvalue weighted by molar-refractivity contribution is 6.33. The minimum Gasteiger partial charge on any atom is -0.437 e. The molecule has 37 heavy (non-hydrogen) atoms. The van der Waals surface area contributed by atoms with Crippen molar-refractivity contribution < 1.29 is 14.3 Å². The van der Waals surface area contributed by atoms with E-state index in [4.69, 9.17) is 37.8 Å². The summed E-state index contributed by atoms with van der Waals surface area (Å²) in [5, 5.41) is 5.69. The average molecular weight is 536 g/mol. The highest BCUT2D eigenvalue weighted by atomic mass is 35.5. The lowest BCUT2D eigenvalue weighted by Gasteiger charge is -2.26. The molecule has 1 atom stereocenters. The van der Waals surface area contributed by atoms with E-state index in [9.17, 15) is 4.79 Å². The third-order valence-electron chi connectivity index (χ3n) is 6.37. The van der Waals surface area contributed by atoms with Gasteiger partial charge in [-0.1, -0.05) is 77.8 Å². The van der Waals surface area contributed by atoms with E-state index in [-0.39, 0.29) is 18.6 Å². The molecule has 5 rings (SSSR count). The summed E-state index contributed by atoms with van der Waals surface area (Å²) in [7, 11) is 1.82. The fourth-order valence-corrected chi connectivity index (χ4v) is 4.92. The van der Waals surface area contributed by atoms with Gasteiger partial charge in [-0.15, -0.1) is 0 Å². The van der Waals surface area contributed by atoms with Crippen LogP contribution in [0.5, 0.6) is 11.6 Å². The number of hydrogen-bond donors (Lipinski definition) is 0. The first kappa shape index (κ1) is 25.3. The Morgan fingerprint density at radius 2 is 1.73 bits per heavy atom. The number of aromatic nitrogens is 2. The summed E-state index contributed by atoms with van der Waals surface area (Å²) in [4.78, 5) is 15.6. The summed E-state index contributed by atoms with van der Waals surface area (Å²) in [6.45, 7) is 1.38. The molecule has 0 N–H and O–H groups in total. The van der Waals surface area contributed by atoms with Crippen LogP contribution in [-0.4, -0.2) is 39.8 Å². The summed E-state index contributed by atoms with van der Waals surface area (Å²) in [5.74, 6) is 0.847. The minimum absolute atomic E-state index is 0.0452. The molecule has 0 radical (unpaired) electrons. The summed E-state index contributed by atoms with van der Waals surface area (Å²) in [6.07, 6.45) is 1.83. The first-order chi connectivity index (χ1) is 18.0. The van der Waals surface area contributed by atoms with Gasteiger partial charge in [0.25, 0.3) is 5.91 Å². The van der Waals surface area contributed by atoms with E-state index in [1.165, 1.54) is 0 Å². The second-order valence-electron chi connectivity index (χ2n) is 8.95. The number of aryl methyl sites for hydroxylation is 1. The van der Waals surface area contributed by atoms with Crippen molar-refractivity contribution in [2.45, 2.75) is 25.5 Å². The fraction of sp³-hybridized carbons (Fsp3) is 0.241. The van der Waals surface area contributed by atoms with Crippen LogP contribution in [0.25, 0.3) is 11.3 Å². The fourth-order valence-electron chi connectivity index (χ4n) is 4.53. The van der Waals surface area contributed by atoms with E-state index in [1.807, 2.05) is 61.6 Å². The van der Waals surface area contributed by atoms with Crippen LogP contribution in [0, 0.1) is 0 Å². The Labute approximate surface area is 226 Å². The Hall–Kier alpha value is -3.32. The number of benzene rings is 3. The van der Waals surface area contributed by atoms with Crippen molar-refractivity contribution in [2.75, 3.05) is 13.2 Å². The van der Waals surface area contributed by atoms with Crippen LogP contribution < -0.4 is 4.74 Å². The van der Waals surface area contributed by atoms with Gasteiger partial charge in [-0.2, -0.15) is 5.10 Å². The molecule has 4 aromatic rings. The number of rotatable bonds is 8. The second-order valence-corrected chi connectivity index (χ2v) is 9.77. The van der Waals surface area contributed by atoms with E-state index < -0.39 is 0 Å². The van der Waals surface area contributed by atoms with Gasteiger partial charge < -0.3 is 14.4 Å². The molecule has 6 nitrogen and oxygen atoms in total. The SMILES string of the molecule is Cn1nc(-c2ccccc2)c(CN(CC2CCCO2)C(=O)c2ccccc2Cl)c1Oc1ccccc1Cl. The molecule has 3 aromatic carbocycles. The maximum Gasteiger partial charge on any atom is 0.255 e. The van der Waals surface area contributed by atoms with Crippen LogP contribution in [0.4, 0.5) is 0 Å². The first-order valence-electron chi connectivity index (χ1n) is 12.2. The van der Waals surface area contributed by atoms with Crippen molar-refractivity contribution in [3.63, 3.8) is 0 Å². The van der Waals surface area contributed by atoms with Crippen molar-refractivity contribution in [3.05, 3.63) is 100 Å². The van der Waals surface area contributed by atoms with Gasteiger partial charge >= 0.3 is 0 Å². The molecule has 1 aromatic heterocycles. The van der Waals surface area contributed by atoms with Crippen LogP contribution in [0.15, 0.2) is 78.9 Å². The molecule has 1 unspecified atom stereocenters. The standard InChI is InChI=1S/C29H27Cl2N3O3/c1-33-29(37-26-16-8-7-15-25(26)31)23(27(32-33)20-10-3-2-4-11-20)19-34(18-21-12-9-17-36-21)28(35)22-13-5-6-14-24(22)30/h2-8,10-11,13-16,21H,9,12,17-19H2,1H3. The van der Waals surface area contributed by atoms with E-state index >= 15 is 0 Å². The van der Waals surface area contributed by atoms with Gasteiger partial charge in [0.1, 0.15) is 11.4 Å². The summed E-state index contributed by atoms with van der Waals surface area (Å²) in [5.41, 5.74) is 2.87. The Kier molecular flexibility index (Phi) is 7.79. The number of ether oxygens (including phenoxy) is 2. The number of amides is 1. The number of nitrogens with zero attached hydrogens (tertiary/aromatic N) is 3. The molecule has 0 aliphatic carbocycles. The van der Waals surface area contributed by atoms with Gasteiger partial charge in [0, 0.05) is 25.8 Å². The molecule has 0 spiro atoms. The molecule has 1 aliphatic rings. The molecule has 0 bridgehead atoms. The first-order valence-corrected chi connectivity index (χ1v) is 13.0. The van der Waals surface area contributed by atoms with Gasteiger partial charge in [0.05, 0.1) is 33.8 Å². The zero-order valence-corrected chi connectivity index (χ0v) is 22.0. The number of para-hydroxylation sites is 1. The Bertz CT molecular complexity index is 1380. The predicted octanol–water partition coefficient (Wildman–Crippen LogP) is 7.01. The highest BCUT2D eigenvalue weighted by Gasteiger charge is 2.29. The maximum atomic E-state index is 13.8. The Morgan fingerprint density at radius 3 is 2.43 bits per heavy atom. The van der Waals surface area contributed by atoms with Crippen LogP contribution in [0.3, 0.4) is 0 Å². The van der Waals surface area contributed by atoms with Crippen LogP contribution >= 0.6 is 23.2 Å². The lowest BCUT2D eigenvalue weighted by Crippen LogP contribution is -2.37. The molecule has 1 fully saturated rings. The normalized spacial score (nSPS) is 15.1. The van der Waals surface area contributed by atoms with Crippen molar-refractivity contribution in [3.8, 4) is 22.9 Å². The summed E-state index contributed by atoms with van der Waals surface area (Å²) in [6, 6.07) is 24.2. The van der Waals surface area contributed by atoms with E-state index in [2.05, 4.69) is 0 Å². The Morgan fingerprint density at radius 1 is 1.03 bits per heavy atom. The zero-order chi connectivity index (χ0) is 25.8. The van der Waals surface area contributed by atoms with Crippen LogP contribution in [0.2, 0.25) is 10.0 Å². The van der Waals surface area contributed by atoms with E-state index in [0.29, 0.717) is 40.4 Å². The Balaban J connectivity index is 1.58. The lowest BCUT2D eigenvalue weighted by atomic mass is 10.1. The molecule has 2 heterocycles. The predicted molar refractivity (Wildman–Crippen MR) is 145 cm³/mol. The largest absolute Gasteiger partial charge is 0.437 e. The third kappa shape index (κ3) is 5.67. The number of carbonyl (C=O) groups excluding carboxylic acids is 1. The monoisotopic (exact) mass is 535 g/mol. The number of carbonyl (C=O) groups is 1. The maximum absolute atomic E-state index is 13.8. The van der Waals surface area contributed by atoms with Crippen LogP contribution in [-0.2, 0) is 18.3 Å². The third-order valence-corrected chi connectivity index (χ3v) is 7.01. The second kappa shape index (κ2) is 11.4. The molecule has 8 heteroatoms. The molecular weight excluding hydrogens is 509 g/mol. The number of halogens is 2. The quantitative estimate of drug-likeness (QED) is 0.243. The van der Waals surface area contributed by atoms with Crippen molar-refractivity contribution in [2.24, 2.45) is 7.05 Å². The smallest absolute Gasteiger partial charge is 0.255 e. The molecular formula is C29H27Cl2N3O3. The van der Waals surface area contributed by atoms with Gasteiger partial charge in [-0.05, 0) is 37.1 Å². The topological polar surface area (TPSA) is 56.6 Å².